The lowest BCUT2D eigenvalue weighted by atomic mass is 10.1. The quantitative estimate of drug-likeness (QED) is 0.596. The number of hydrogen-bond acceptors (Lipinski definition) is 5. The highest BCUT2D eigenvalue weighted by Gasteiger charge is 2.24. The molecule has 5 nitrogen and oxygen atoms in total. The fourth-order valence-electron chi connectivity index (χ4n) is 2.32. The molecule has 0 bridgehead atoms. The van der Waals surface area contributed by atoms with Crippen molar-refractivity contribution in [3.05, 3.63) is 69.5 Å². The molecule has 0 amide bonds. The number of anilines is 1. The first-order chi connectivity index (χ1) is 12.8. The highest BCUT2D eigenvalue weighted by molar-refractivity contribution is 7.92. The Morgan fingerprint density at radius 2 is 1.96 bits per heavy atom. The number of sulfonamides is 1. The number of aromatic nitrogens is 1. The molecule has 10 heteroatoms. The van der Waals surface area contributed by atoms with E-state index in [-0.39, 0.29) is 22.2 Å². The fourth-order valence-corrected chi connectivity index (χ4v) is 4.24. The molecule has 0 radical (unpaired) electrons. The molecule has 0 saturated heterocycles. The summed E-state index contributed by atoms with van der Waals surface area (Å²) >= 11 is 7.25. The average Bonchev–Trinajstić information content (AvgIpc) is 3.10. The second-order valence-electron chi connectivity index (χ2n) is 5.47. The van der Waals surface area contributed by atoms with E-state index in [0.717, 1.165) is 12.1 Å². The van der Waals surface area contributed by atoms with E-state index in [9.17, 15) is 17.2 Å². The summed E-state index contributed by atoms with van der Waals surface area (Å²) in [6, 6.07) is 7.77. The van der Waals surface area contributed by atoms with E-state index in [1.54, 1.807) is 13.0 Å². The molecule has 0 aliphatic rings. The zero-order valence-electron chi connectivity index (χ0n) is 13.8. The molecule has 0 fully saturated rings. The van der Waals surface area contributed by atoms with Crippen LogP contribution in [0.1, 0.15) is 18.6 Å². The first-order valence-corrected chi connectivity index (χ1v) is 10.4. The number of halogens is 3. The van der Waals surface area contributed by atoms with Crippen LogP contribution in [-0.2, 0) is 10.0 Å². The van der Waals surface area contributed by atoms with Crippen molar-refractivity contribution in [1.29, 1.82) is 0 Å². The number of nitrogens with one attached hydrogen (secondary N) is 1. The Hall–Kier alpha value is -2.23. The minimum absolute atomic E-state index is 0.0732. The van der Waals surface area contributed by atoms with Crippen molar-refractivity contribution in [2.45, 2.75) is 17.9 Å². The molecule has 142 valence electrons. The summed E-state index contributed by atoms with van der Waals surface area (Å²) in [4.78, 5) is 3.14. The second-order valence-corrected chi connectivity index (χ2v) is 8.25. The van der Waals surface area contributed by atoms with Crippen LogP contribution in [0, 0.1) is 11.6 Å². The average molecular weight is 431 g/mol. The van der Waals surface area contributed by atoms with Gasteiger partial charge in [-0.1, -0.05) is 29.8 Å². The van der Waals surface area contributed by atoms with Crippen molar-refractivity contribution >= 4 is 38.8 Å². The van der Waals surface area contributed by atoms with Gasteiger partial charge in [-0.3, -0.25) is 4.72 Å². The van der Waals surface area contributed by atoms with Crippen LogP contribution in [0.5, 0.6) is 5.75 Å². The van der Waals surface area contributed by atoms with E-state index < -0.39 is 32.7 Å². The number of benzene rings is 2. The van der Waals surface area contributed by atoms with Gasteiger partial charge in [0.15, 0.2) is 5.82 Å². The Labute approximate surface area is 163 Å². The van der Waals surface area contributed by atoms with Crippen molar-refractivity contribution in [2.24, 2.45) is 0 Å². The van der Waals surface area contributed by atoms with Gasteiger partial charge in [0.1, 0.15) is 28.4 Å². The topological polar surface area (TPSA) is 68.3 Å². The lowest BCUT2D eigenvalue weighted by Crippen LogP contribution is -2.15. The molecule has 1 N–H and O–H groups in total. The van der Waals surface area contributed by atoms with Gasteiger partial charge >= 0.3 is 0 Å². The third-order valence-electron chi connectivity index (χ3n) is 3.59. The zero-order valence-corrected chi connectivity index (χ0v) is 16.2. The molecular formula is C17H13ClF2N2O3S2. The van der Waals surface area contributed by atoms with Gasteiger partial charge < -0.3 is 4.74 Å². The number of rotatable bonds is 6. The van der Waals surface area contributed by atoms with Gasteiger partial charge in [0, 0.05) is 17.0 Å². The predicted octanol–water partition coefficient (Wildman–Crippen LogP) is 5.02. The Balaban J connectivity index is 1.88. The molecule has 1 aromatic heterocycles. The second kappa shape index (κ2) is 7.79. The third-order valence-corrected chi connectivity index (χ3v) is 5.85. The summed E-state index contributed by atoms with van der Waals surface area (Å²) < 4.78 is 60.6. The molecular weight excluding hydrogens is 418 g/mol. The van der Waals surface area contributed by atoms with Gasteiger partial charge in [0.2, 0.25) is 0 Å². The number of thiazole rings is 1. The van der Waals surface area contributed by atoms with Crippen LogP contribution in [0.25, 0.3) is 0 Å². The first-order valence-electron chi connectivity index (χ1n) is 7.59. The van der Waals surface area contributed by atoms with Crippen molar-refractivity contribution in [2.75, 3.05) is 4.72 Å². The highest BCUT2D eigenvalue weighted by atomic mass is 35.5. The molecule has 3 rings (SSSR count). The summed E-state index contributed by atoms with van der Waals surface area (Å²) in [6.07, 6.45) is -0.765. The molecule has 0 aliphatic carbocycles. The van der Waals surface area contributed by atoms with Gasteiger partial charge in [-0.15, -0.1) is 11.3 Å². The van der Waals surface area contributed by atoms with Crippen molar-refractivity contribution in [1.82, 2.24) is 4.98 Å². The molecule has 0 aliphatic heterocycles. The van der Waals surface area contributed by atoms with Crippen molar-refractivity contribution in [3.63, 3.8) is 0 Å². The van der Waals surface area contributed by atoms with Gasteiger partial charge in [0.25, 0.3) is 10.0 Å². The van der Waals surface area contributed by atoms with Crippen LogP contribution in [0.15, 0.2) is 52.2 Å². The molecule has 0 spiro atoms. The van der Waals surface area contributed by atoms with Crippen LogP contribution in [0.4, 0.5) is 14.6 Å². The molecule has 2 aromatic carbocycles. The van der Waals surface area contributed by atoms with Crippen LogP contribution in [-0.4, -0.2) is 13.4 Å². The van der Waals surface area contributed by atoms with Gasteiger partial charge in [0.05, 0.1) is 10.5 Å². The summed E-state index contributed by atoms with van der Waals surface area (Å²) in [6.45, 7) is 1.57. The Bertz CT molecular complexity index is 1060. The fraction of sp³-hybridized carbons (Fsp3) is 0.118. The van der Waals surface area contributed by atoms with Crippen molar-refractivity contribution < 1.29 is 21.9 Å². The third kappa shape index (κ3) is 4.37. The van der Waals surface area contributed by atoms with Gasteiger partial charge in [-0.25, -0.2) is 22.2 Å². The summed E-state index contributed by atoms with van der Waals surface area (Å²) in [7, 11) is -4.22. The normalized spacial score (nSPS) is 12.6. The number of nitrogens with zero attached hydrogens (tertiary/aromatic N) is 1. The maximum absolute atomic E-state index is 14.4. The molecule has 1 heterocycles. The lowest BCUT2D eigenvalue weighted by Gasteiger charge is -2.17. The van der Waals surface area contributed by atoms with Gasteiger partial charge in [-0.05, 0) is 19.1 Å². The first kappa shape index (κ1) is 19.5. The standard InChI is InChI=1S/C17H13ClF2N2O3S2/c1-10(11-4-2-3-5-13(11)19)25-15-7-14(20)16(6-12(15)18)27(23,24)22-17-8-26-9-21-17/h2-10,22H,1H3/t10-/m0/s1. The van der Waals surface area contributed by atoms with Crippen LogP contribution < -0.4 is 9.46 Å². The monoisotopic (exact) mass is 430 g/mol. The maximum atomic E-state index is 14.4. The zero-order chi connectivity index (χ0) is 19.6. The maximum Gasteiger partial charge on any atom is 0.266 e. The molecule has 1 atom stereocenters. The molecule has 0 saturated carbocycles. The smallest absolute Gasteiger partial charge is 0.266 e. The number of hydrogen-bond donors (Lipinski definition) is 1. The Morgan fingerprint density at radius 1 is 1.22 bits per heavy atom. The molecule has 27 heavy (non-hydrogen) atoms. The minimum atomic E-state index is -4.22. The largest absolute Gasteiger partial charge is 0.484 e. The molecule has 0 unspecified atom stereocenters. The SMILES string of the molecule is C[C@H](Oc1cc(F)c(S(=O)(=O)Nc2cscn2)cc1Cl)c1ccccc1F. The van der Waals surface area contributed by atoms with Gasteiger partial charge in [-0.2, -0.15) is 0 Å². The van der Waals surface area contributed by atoms with E-state index in [1.165, 1.54) is 40.4 Å². The van der Waals surface area contributed by atoms with E-state index in [1.807, 2.05) is 0 Å². The Morgan fingerprint density at radius 3 is 2.63 bits per heavy atom. The van der Waals surface area contributed by atoms with Crippen molar-refractivity contribution in [3.8, 4) is 5.75 Å². The Kier molecular flexibility index (Phi) is 5.64. The summed E-state index contributed by atoms with van der Waals surface area (Å²) in [5, 5.41) is 1.34. The highest BCUT2D eigenvalue weighted by Crippen LogP contribution is 2.34. The van der Waals surface area contributed by atoms with Crippen LogP contribution in [0.3, 0.4) is 0 Å². The van der Waals surface area contributed by atoms with E-state index in [2.05, 4.69) is 9.71 Å². The lowest BCUT2D eigenvalue weighted by molar-refractivity contribution is 0.220. The van der Waals surface area contributed by atoms with Crippen LogP contribution in [0.2, 0.25) is 5.02 Å². The number of ether oxygens (including phenoxy) is 1. The van der Waals surface area contributed by atoms with Crippen LogP contribution >= 0.6 is 22.9 Å². The predicted molar refractivity (Wildman–Crippen MR) is 99.8 cm³/mol. The minimum Gasteiger partial charge on any atom is -0.484 e. The summed E-state index contributed by atoms with van der Waals surface area (Å²) in [5.74, 6) is -1.56. The van der Waals surface area contributed by atoms with E-state index in [4.69, 9.17) is 16.3 Å². The molecule has 3 aromatic rings. The van der Waals surface area contributed by atoms with E-state index in [0.29, 0.717) is 0 Å². The van der Waals surface area contributed by atoms with E-state index >= 15 is 0 Å². The summed E-state index contributed by atoms with van der Waals surface area (Å²) in [5.41, 5.74) is 1.69.